The summed E-state index contributed by atoms with van der Waals surface area (Å²) in [6.45, 7) is 2.68. The van der Waals surface area contributed by atoms with Crippen LogP contribution in [-0.4, -0.2) is 42.7 Å². The maximum Gasteiger partial charge on any atom is 0.270 e. The lowest BCUT2D eigenvalue weighted by atomic mass is 10.2. The fourth-order valence-corrected chi connectivity index (χ4v) is 3.30. The molecule has 0 bridgehead atoms. The Morgan fingerprint density at radius 2 is 2.10 bits per heavy atom. The first-order chi connectivity index (χ1) is 14.7. The molecule has 3 aromatic heterocycles. The van der Waals surface area contributed by atoms with E-state index in [2.05, 4.69) is 35.0 Å². The zero-order chi connectivity index (χ0) is 20.8. The number of carbonyl (C=O) groups is 1. The number of anilines is 1. The summed E-state index contributed by atoms with van der Waals surface area (Å²) in [7, 11) is 0. The van der Waals surface area contributed by atoms with E-state index in [0.29, 0.717) is 29.1 Å². The van der Waals surface area contributed by atoms with Crippen LogP contribution in [0.5, 0.6) is 5.88 Å². The van der Waals surface area contributed by atoms with E-state index in [4.69, 9.17) is 4.74 Å². The number of amides is 1. The zero-order valence-corrected chi connectivity index (χ0v) is 17.2. The van der Waals surface area contributed by atoms with Gasteiger partial charge in [-0.25, -0.2) is 15.0 Å². The van der Waals surface area contributed by atoms with Gasteiger partial charge in [-0.15, -0.1) is 0 Å². The molecular formula is C20H21N7O2S. The Morgan fingerprint density at radius 3 is 2.87 bits per heavy atom. The van der Waals surface area contributed by atoms with Crippen LogP contribution in [0, 0.1) is 0 Å². The van der Waals surface area contributed by atoms with Crippen molar-refractivity contribution in [3.63, 3.8) is 0 Å². The highest BCUT2D eigenvalue weighted by Crippen LogP contribution is 2.33. The molecule has 154 valence electrons. The molecule has 10 heteroatoms. The van der Waals surface area contributed by atoms with Gasteiger partial charge in [-0.1, -0.05) is 0 Å². The lowest BCUT2D eigenvalue weighted by molar-refractivity contribution is 0.0945. The second-order valence-corrected chi connectivity index (χ2v) is 7.71. The van der Waals surface area contributed by atoms with E-state index in [1.165, 1.54) is 19.2 Å². The van der Waals surface area contributed by atoms with Gasteiger partial charge < -0.3 is 14.8 Å². The van der Waals surface area contributed by atoms with Gasteiger partial charge in [-0.3, -0.25) is 14.8 Å². The van der Waals surface area contributed by atoms with Crippen molar-refractivity contribution in [1.29, 1.82) is 0 Å². The third kappa shape index (κ3) is 5.41. The Morgan fingerprint density at radius 1 is 1.20 bits per heavy atom. The van der Waals surface area contributed by atoms with E-state index in [9.17, 15) is 4.79 Å². The van der Waals surface area contributed by atoms with Crippen molar-refractivity contribution >= 4 is 23.7 Å². The summed E-state index contributed by atoms with van der Waals surface area (Å²) < 4.78 is 8.59. The molecule has 1 amide bonds. The summed E-state index contributed by atoms with van der Waals surface area (Å²) in [6, 6.07) is 5.26. The van der Waals surface area contributed by atoms with Gasteiger partial charge in [0, 0.05) is 23.1 Å². The molecule has 1 aliphatic rings. The number of hydrogen-bond acceptors (Lipinski definition) is 9. The molecule has 1 aliphatic carbocycles. The van der Waals surface area contributed by atoms with Crippen molar-refractivity contribution in [2.45, 2.75) is 31.6 Å². The van der Waals surface area contributed by atoms with E-state index in [-0.39, 0.29) is 12.5 Å². The van der Waals surface area contributed by atoms with Crippen molar-refractivity contribution in [2.75, 3.05) is 11.3 Å². The van der Waals surface area contributed by atoms with Crippen LogP contribution >= 0.6 is 11.9 Å². The summed E-state index contributed by atoms with van der Waals surface area (Å²) in [4.78, 5) is 33.6. The van der Waals surface area contributed by atoms with Crippen LogP contribution in [-0.2, 0) is 6.54 Å². The average molecular weight is 424 g/mol. The topological polar surface area (TPSA) is 115 Å². The number of nitrogens with one attached hydrogen (secondary N) is 2. The lowest BCUT2D eigenvalue weighted by Gasteiger charge is -2.08. The SMILES string of the molecule is CCOc1cncc(-c2ccc(C(=O)NCc3cc(NSC4CC4)ncn3)nc2)n1. The smallest absolute Gasteiger partial charge is 0.270 e. The minimum atomic E-state index is -0.281. The minimum absolute atomic E-state index is 0.281. The molecule has 3 heterocycles. The highest BCUT2D eigenvalue weighted by atomic mass is 32.2. The van der Waals surface area contributed by atoms with Gasteiger partial charge in [0.15, 0.2) is 0 Å². The van der Waals surface area contributed by atoms with Gasteiger partial charge in [0.2, 0.25) is 5.88 Å². The summed E-state index contributed by atoms with van der Waals surface area (Å²) in [5, 5.41) is 3.50. The fraction of sp³-hybridized carbons (Fsp3) is 0.300. The largest absolute Gasteiger partial charge is 0.477 e. The number of pyridine rings is 1. The van der Waals surface area contributed by atoms with Gasteiger partial charge in [-0.05, 0) is 43.8 Å². The standard InChI is InChI=1S/C20H21N7O2S/c1-2-29-19-11-21-10-17(26-19)13-3-6-16(22-8-13)20(28)23-9-14-7-18(25-12-24-14)27-30-15-4-5-15/h3,6-8,10-12,15H,2,4-5,9H2,1H3,(H,23,28)(H,24,25,27). The Kier molecular flexibility index (Phi) is 6.33. The van der Waals surface area contributed by atoms with Crippen molar-refractivity contribution in [3.05, 3.63) is 54.5 Å². The van der Waals surface area contributed by atoms with E-state index < -0.39 is 0 Å². The maximum absolute atomic E-state index is 12.4. The summed E-state index contributed by atoms with van der Waals surface area (Å²) in [5.41, 5.74) is 2.41. The van der Waals surface area contributed by atoms with Crippen molar-refractivity contribution < 1.29 is 9.53 Å². The van der Waals surface area contributed by atoms with Crippen LogP contribution in [0.4, 0.5) is 5.82 Å². The summed E-state index contributed by atoms with van der Waals surface area (Å²) in [6.07, 6.45) is 8.74. The Hall–Kier alpha value is -3.27. The van der Waals surface area contributed by atoms with Gasteiger partial charge in [0.25, 0.3) is 5.91 Å². The quantitative estimate of drug-likeness (QED) is 0.501. The first kappa shape index (κ1) is 20.0. The predicted octanol–water partition coefficient (Wildman–Crippen LogP) is 2.88. The molecule has 0 saturated heterocycles. The second-order valence-electron chi connectivity index (χ2n) is 6.60. The van der Waals surface area contributed by atoms with Crippen molar-refractivity contribution in [3.8, 4) is 17.1 Å². The van der Waals surface area contributed by atoms with Crippen LogP contribution < -0.4 is 14.8 Å². The van der Waals surface area contributed by atoms with Gasteiger partial charge in [-0.2, -0.15) is 0 Å². The van der Waals surface area contributed by atoms with Crippen LogP contribution in [0.15, 0.2) is 43.1 Å². The molecule has 2 N–H and O–H groups in total. The van der Waals surface area contributed by atoms with Crippen LogP contribution in [0.25, 0.3) is 11.3 Å². The summed E-state index contributed by atoms with van der Waals surface area (Å²) >= 11 is 1.67. The fourth-order valence-electron chi connectivity index (χ4n) is 2.53. The first-order valence-corrected chi connectivity index (χ1v) is 10.5. The number of nitrogens with zero attached hydrogens (tertiary/aromatic N) is 5. The second kappa shape index (κ2) is 9.49. The first-order valence-electron chi connectivity index (χ1n) is 9.63. The number of carbonyl (C=O) groups excluding carboxylic acids is 1. The van der Waals surface area contributed by atoms with Crippen molar-refractivity contribution in [2.24, 2.45) is 0 Å². The number of ether oxygens (including phenoxy) is 1. The maximum atomic E-state index is 12.4. The molecule has 4 rings (SSSR count). The molecule has 0 spiro atoms. The molecule has 0 atom stereocenters. The van der Waals surface area contributed by atoms with E-state index in [1.807, 2.05) is 13.0 Å². The Labute approximate surface area is 178 Å². The number of rotatable bonds is 9. The molecule has 3 aromatic rings. The van der Waals surface area contributed by atoms with Gasteiger partial charge in [0.1, 0.15) is 17.8 Å². The Balaban J connectivity index is 1.34. The third-order valence-electron chi connectivity index (χ3n) is 4.20. The molecule has 1 saturated carbocycles. The number of aromatic nitrogens is 5. The molecule has 0 aliphatic heterocycles. The van der Waals surface area contributed by atoms with E-state index >= 15 is 0 Å². The Bertz CT molecular complexity index is 1010. The molecule has 0 aromatic carbocycles. The monoisotopic (exact) mass is 423 g/mol. The molecule has 0 radical (unpaired) electrons. The van der Waals surface area contributed by atoms with Crippen LogP contribution in [0.2, 0.25) is 0 Å². The highest BCUT2D eigenvalue weighted by Gasteiger charge is 2.22. The van der Waals surface area contributed by atoms with Crippen LogP contribution in [0.3, 0.4) is 0 Å². The molecule has 30 heavy (non-hydrogen) atoms. The van der Waals surface area contributed by atoms with E-state index in [1.54, 1.807) is 42.7 Å². The molecule has 9 nitrogen and oxygen atoms in total. The molecular weight excluding hydrogens is 402 g/mol. The third-order valence-corrected chi connectivity index (χ3v) is 5.34. The predicted molar refractivity (Wildman–Crippen MR) is 114 cm³/mol. The molecule has 0 unspecified atom stereocenters. The lowest BCUT2D eigenvalue weighted by Crippen LogP contribution is -2.24. The zero-order valence-electron chi connectivity index (χ0n) is 16.4. The van der Waals surface area contributed by atoms with Gasteiger partial charge in [0.05, 0.1) is 36.9 Å². The minimum Gasteiger partial charge on any atom is -0.477 e. The highest BCUT2D eigenvalue weighted by molar-refractivity contribution is 8.01. The van der Waals surface area contributed by atoms with E-state index in [0.717, 1.165) is 17.1 Å². The average Bonchev–Trinajstić information content (AvgIpc) is 3.62. The van der Waals surface area contributed by atoms with Gasteiger partial charge >= 0.3 is 0 Å². The number of hydrogen-bond donors (Lipinski definition) is 2. The normalized spacial score (nSPS) is 13.0. The molecule has 1 fully saturated rings. The summed E-state index contributed by atoms with van der Waals surface area (Å²) in [5.74, 6) is 0.909. The van der Waals surface area contributed by atoms with Crippen molar-refractivity contribution in [1.82, 2.24) is 30.2 Å². The van der Waals surface area contributed by atoms with Crippen LogP contribution in [0.1, 0.15) is 35.9 Å².